The van der Waals surface area contributed by atoms with Crippen LogP contribution in [0.1, 0.15) is 20.3 Å². The van der Waals surface area contributed by atoms with Crippen LogP contribution in [-0.2, 0) is 4.74 Å². The highest BCUT2D eigenvalue weighted by molar-refractivity contribution is 5.68. The largest absolute Gasteiger partial charge is 0.450 e. The van der Waals surface area contributed by atoms with Crippen molar-refractivity contribution in [3.63, 3.8) is 0 Å². The second kappa shape index (κ2) is 3.20. The third kappa shape index (κ3) is 1.40. The van der Waals surface area contributed by atoms with Gasteiger partial charge in [-0.25, -0.2) is 4.79 Å². The Morgan fingerprint density at radius 3 is 2.85 bits per heavy atom. The van der Waals surface area contributed by atoms with Crippen LogP contribution >= 0.6 is 0 Å². The molecule has 1 heterocycles. The van der Waals surface area contributed by atoms with Gasteiger partial charge in [-0.2, -0.15) is 0 Å². The molecule has 2 fully saturated rings. The molecule has 0 N–H and O–H groups in total. The first-order valence-corrected chi connectivity index (χ1v) is 5.14. The van der Waals surface area contributed by atoms with Gasteiger partial charge in [0, 0.05) is 13.1 Å². The molecule has 0 aromatic heterocycles. The van der Waals surface area contributed by atoms with Gasteiger partial charge in [-0.05, 0) is 31.1 Å². The van der Waals surface area contributed by atoms with Gasteiger partial charge in [-0.3, -0.25) is 0 Å². The van der Waals surface area contributed by atoms with E-state index in [2.05, 4.69) is 6.92 Å². The average Bonchev–Trinajstić information content (AvgIpc) is 2.43. The molecule has 0 radical (unpaired) electrons. The van der Waals surface area contributed by atoms with Crippen molar-refractivity contribution in [2.45, 2.75) is 20.3 Å². The van der Waals surface area contributed by atoms with Crippen molar-refractivity contribution in [3.8, 4) is 0 Å². The standard InChI is InChI=1S/C10H17NO2/c1-3-13-10(12)11-5-8-4-7(2)9(8)6-11/h7-9H,3-6H2,1-2H3. The third-order valence-corrected chi connectivity index (χ3v) is 3.42. The molecule has 74 valence electrons. The van der Waals surface area contributed by atoms with Gasteiger partial charge in [-0.1, -0.05) is 6.92 Å². The zero-order valence-corrected chi connectivity index (χ0v) is 8.32. The summed E-state index contributed by atoms with van der Waals surface area (Å²) in [4.78, 5) is 13.2. The van der Waals surface area contributed by atoms with Crippen LogP contribution in [-0.4, -0.2) is 30.7 Å². The fraction of sp³-hybridized carbons (Fsp3) is 0.900. The van der Waals surface area contributed by atoms with Crippen LogP contribution in [0.5, 0.6) is 0 Å². The van der Waals surface area contributed by atoms with Crippen LogP contribution in [0.3, 0.4) is 0 Å². The van der Waals surface area contributed by atoms with Crippen LogP contribution in [0.25, 0.3) is 0 Å². The SMILES string of the molecule is CCOC(=O)N1CC2CC(C)C2C1. The van der Waals surface area contributed by atoms with Crippen molar-refractivity contribution < 1.29 is 9.53 Å². The van der Waals surface area contributed by atoms with E-state index >= 15 is 0 Å². The van der Waals surface area contributed by atoms with Crippen molar-refractivity contribution >= 4 is 6.09 Å². The Morgan fingerprint density at radius 1 is 1.54 bits per heavy atom. The highest BCUT2D eigenvalue weighted by Gasteiger charge is 2.46. The molecule has 1 aliphatic carbocycles. The smallest absolute Gasteiger partial charge is 0.409 e. The molecule has 3 unspecified atom stereocenters. The maximum atomic E-state index is 11.4. The quantitative estimate of drug-likeness (QED) is 0.619. The summed E-state index contributed by atoms with van der Waals surface area (Å²) < 4.78 is 4.97. The molecule has 1 aliphatic heterocycles. The van der Waals surface area contributed by atoms with Crippen LogP contribution in [0, 0.1) is 17.8 Å². The molecule has 3 atom stereocenters. The second-order valence-electron chi connectivity index (χ2n) is 4.24. The van der Waals surface area contributed by atoms with Crippen molar-refractivity contribution in [1.82, 2.24) is 4.90 Å². The van der Waals surface area contributed by atoms with E-state index in [0.29, 0.717) is 6.61 Å². The number of hydrogen-bond acceptors (Lipinski definition) is 2. The Morgan fingerprint density at radius 2 is 2.31 bits per heavy atom. The summed E-state index contributed by atoms with van der Waals surface area (Å²) in [5, 5.41) is 0. The van der Waals surface area contributed by atoms with E-state index in [1.807, 2.05) is 11.8 Å². The lowest BCUT2D eigenvalue weighted by molar-refractivity contribution is 0.114. The minimum atomic E-state index is -0.121. The highest BCUT2D eigenvalue weighted by Crippen LogP contribution is 2.45. The molecule has 3 nitrogen and oxygen atoms in total. The number of amides is 1. The predicted octanol–water partition coefficient (Wildman–Crippen LogP) is 1.73. The molecule has 0 spiro atoms. The molecular weight excluding hydrogens is 166 g/mol. The average molecular weight is 183 g/mol. The minimum Gasteiger partial charge on any atom is -0.450 e. The van der Waals surface area contributed by atoms with Crippen molar-refractivity contribution in [3.05, 3.63) is 0 Å². The summed E-state index contributed by atoms with van der Waals surface area (Å²) in [7, 11) is 0. The number of carbonyl (C=O) groups is 1. The maximum Gasteiger partial charge on any atom is 0.409 e. The van der Waals surface area contributed by atoms with Gasteiger partial charge in [0.15, 0.2) is 0 Å². The van der Waals surface area contributed by atoms with Crippen molar-refractivity contribution in [2.24, 2.45) is 17.8 Å². The lowest BCUT2D eigenvalue weighted by Gasteiger charge is -2.36. The van der Waals surface area contributed by atoms with Gasteiger partial charge in [0.25, 0.3) is 0 Å². The number of nitrogens with zero attached hydrogens (tertiary/aromatic N) is 1. The van der Waals surface area contributed by atoms with Gasteiger partial charge in [0.1, 0.15) is 0 Å². The molecule has 1 saturated carbocycles. The monoisotopic (exact) mass is 183 g/mol. The molecule has 2 aliphatic rings. The Balaban J connectivity index is 1.87. The fourth-order valence-electron chi connectivity index (χ4n) is 2.61. The molecule has 0 bridgehead atoms. The Labute approximate surface area is 79.0 Å². The number of rotatable bonds is 1. The van der Waals surface area contributed by atoms with Crippen molar-refractivity contribution in [1.29, 1.82) is 0 Å². The van der Waals surface area contributed by atoms with Gasteiger partial charge in [0.2, 0.25) is 0 Å². The summed E-state index contributed by atoms with van der Waals surface area (Å²) in [5.41, 5.74) is 0. The minimum absolute atomic E-state index is 0.121. The van der Waals surface area contributed by atoms with E-state index in [-0.39, 0.29) is 6.09 Å². The summed E-state index contributed by atoms with van der Waals surface area (Å²) in [6.07, 6.45) is 1.17. The van der Waals surface area contributed by atoms with Gasteiger partial charge < -0.3 is 9.64 Å². The lowest BCUT2D eigenvalue weighted by atomic mass is 9.68. The first kappa shape index (κ1) is 8.85. The number of ether oxygens (including phenoxy) is 1. The van der Waals surface area contributed by atoms with Crippen LogP contribution in [0.15, 0.2) is 0 Å². The van der Waals surface area contributed by atoms with Crippen LogP contribution in [0.2, 0.25) is 0 Å². The summed E-state index contributed by atoms with van der Waals surface area (Å²) in [6, 6.07) is 0. The van der Waals surface area contributed by atoms with Gasteiger partial charge in [-0.15, -0.1) is 0 Å². The van der Waals surface area contributed by atoms with Gasteiger partial charge in [0.05, 0.1) is 6.61 Å². The zero-order chi connectivity index (χ0) is 9.42. The summed E-state index contributed by atoms with van der Waals surface area (Å²) in [5.74, 6) is 2.33. The zero-order valence-electron chi connectivity index (χ0n) is 8.32. The summed E-state index contributed by atoms with van der Waals surface area (Å²) >= 11 is 0. The molecule has 1 saturated heterocycles. The van der Waals surface area contributed by atoms with Crippen LogP contribution in [0.4, 0.5) is 4.79 Å². The van der Waals surface area contributed by atoms with E-state index in [9.17, 15) is 4.79 Å². The fourth-order valence-corrected chi connectivity index (χ4v) is 2.61. The normalized spacial score (nSPS) is 36.8. The number of hydrogen-bond donors (Lipinski definition) is 0. The lowest BCUT2D eigenvalue weighted by Crippen LogP contribution is -2.33. The molecule has 2 rings (SSSR count). The first-order chi connectivity index (χ1) is 6.22. The molecule has 3 heteroatoms. The Hall–Kier alpha value is -0.730. The predicted molar refractivity (Wildman–Crippen MR) is 49.4 cm³/mol. The molecule has 13 heavy (non-hydrogen) atoms. The second-order valence-corrected chi connectivity index (χ2v) is 4.24. The number of likely N-dealkylation sites (tertiary alicyclic amines) is 1. The molecule has 0 aromatic carbocycles. The Kier molecular flexibility index (Phi) is 2.18. The Bertz CT molecular complexity index is 217. The number of fused-ring (bicyclic) bond motifs is 1. The first-order valence-electron chi connectivity index (χ1n) is 5.14. The third-order valence-electron chi connectivity index (χ3n) is 3.42. The van der Waals surface area contributed by atoms with E-state index in [0.717, 1.165) is 30.8 Å². The maximum absolute atomic E-state index is 11.4. The van der Waals surface area contributed by atoms with Crippen LogP contribution < -0.4 is 0 Å². The number of carbonyl (C=O) groups excluding carboxylic acids is 1. The van der Waals surface area contributed by atoms with E-state index < -0.39 is 0 Å². The van der Waals surface area contributed by atoms with E-state index in [1.165, 1.54) is 6.42 Å². The molecule has 1 amide bonds. The summed E-state index contributed by atoms with van der Waals surface area (Å²) in [6.45, 7) is 6.46. The van der Waals surface area contributed by atoms with E-state index in [1.54, 1.807) is 0 Å². The highest BCUT2D eigenvalue weighted by atomic mass is 16.6. The topological polar surface area (TPSA) is 29.5 Å². The van der Waals surface area contributed by atoms with Crippen molar-refractivity contribution in [2.75, 3.05) is 19.7 Å². The van der Waals surface area contributed by atoms with Gasteiger partial charge >= 0.3 is 6.09 Å². The van der Waals surface area contributed by atoms with E-state index in [4.69, 9.17) is 4.74 Å². The molecular formula is C10H17NO2. The molecule has 0 aromatic rings.